The maximum atomic E-state index is 13.1. The molecular weight excluding hydrogens is 409 g/mol. The van der Waals surface area contributed by atoms with E-state index in [1.807, 2.05) is 26.0 Å². The maximum Gasteiger partial charge on any atom is 0.471 e. The molecule has 0 N–H and O–H groups in total. The first kappa shape index (κ1) is 22.1. The van der Waals surface area contributed by atoms with Crippen molar-refractivity contribution >= 4 is 29.5 Å². The van der Waals surface area contributed by atoms with E-state index in [1.54, 1.807) is 6.07 Å². The molecule has 0 aliphatic carbocycles. The molecule has 1 amide bonds. The van der Waals surface area contributed by atoms with Crippen LogP contribution in [0.5, 0.6) is 0 Å². The Balaban J connectivity index is 2.03. The molecule has 8 heteroatoms. The predicted octanol–water partition coefficient (Wildman–Crippen LogP) is 5.14. The van der Waals surface area contributed by atoms with Crippen LogP contribution in [0, 0.1) is 18.8 Å². The number of rotatable bonds is 3. The van der Waals surface area contributed by atoms with Crippen LogP contribution in [0.3, 0.4) is 0 Å². The van der Waals surface area contributed by atoms with Crippen molar-refractivity contribution in [3.8, 4) is 0 Å². The number of halogens is 3. The molecule has 1 aliphatic rings. The molecule has 2 aromatic carbocycles. The third kappa shape index (κ3) is 5.14. The average Bonchev–Trinajstić information content (AvgIpc) is 2.72. The highest BCUT2D eigenvalue weighted by molar-refractivity contribution is 6.15. The average molecular weight is 428 g/mol. The van der Waals surface area contributed by atoms with E-state index >= 15 is 0 Å². The predicted molar refractivity (Wildman–Crippen MR) is 111 cm³/mol. The van der Waals surface area contributed by atoms with Gasteiger partial charge in [0.15, 0.2) is 5.78 Å². The fourth-order valence-electron chi connectivity index (χ4n) is 3.25. The lowest BCUT2D eigenvalue weighted by molar-refractivity contribution is -0.184. The SMILES string of the molecule is Cc1ccc(/C=C2\CN(C(=O)C(F)(F)F)C/C(=C\c3ccc(N=O)cc3)C2=O)cc1C. The summed E-state index contributed by atoms with van der Waals surface area (Å²) in [4.78, 5) is 36.1. The van der Waals surface area contributed by atoms with Crippen molar-refractivity contribution < 1.29 is 22.8 Å². The number of piperidine rings is 1. The molecule has 1 saturated heterocycles. The van der Waals surface area contributed by atoms with Crippen LogP contribution in [0.4, 0.5) is 18.9 Å². The fourth-order valence-corrected chi connectivity index (χ4v) is 3.25. The van der Waals surface area contributed by atoms with Crippen LogP contribution in [-0.4, -0.2) is 35.9 Å². The molecule has 160 valence electrons. The Kier molecular flexibility index (Phi) is 6.19. The van der Waals surface area contributed by atoms with Crippen molar-refractivity contribution in [1.29, 1.82) is 0 Å². The quantitative estimate of drug-likeness (QED) is 0.502. The Bertz CT molecular complexity index is 1100. The molecule has 0 bridgehead atoms. The molecular formula is C23H19F3N2O3. The molecule has 1 heterocycles. The van der Waals surface area contributed by atoms with E-state index in [2.05, 4.69) is 5.18 Å². The first-order chi connectivity index (χ1) is 14.6. The molecule has 31 heavy (non-hydrogen) atoms. The van der Waals surface area contributed by atoms with Gasteiger partial charge in [0.1, 0.15) is 5.69 Å². The van der Waals surface area contributed by atoms with E-state index in [0.29, 0.717) is 16.0 Å². The van der Waals surface area contributed by atoms with E-state index in [-0.39, 0.29) is 16.8 Å². The molecule has 1 aliphatic heterocycles. The van der Waals surface area contributed by atoms with Gasteiger partial charge in [-0.3, -0.25) is 9.59 Å². The van der Waals surface area contributed by atoms with Crippen molar-refractivity contribution in [1.82, 2.24) is 4.90 Å². The van der Waals surface area contributed by atoms with Gasteiger partial charge in [-0.25, -0.2) is 0 Å². The number of nitroso groups, excluding NO2 is 1. The minimum absolute atomic E-state index is 0.0470. The number of hydrogen-bond acceptors (Lipinski definition) is 4. The Morgan fingerprint density at radius 1 is 0.935 bits per heavy atom. The number of amides is 1. The van der Waals surface area contributed by atoms with Crippen LogP contribution >= 0.6 is 0 Å². The third-order valence-corrected chi connectivity index (χ3v) is 5.05. The fraction of sp³-hybridized carbons (Fsp3) is 0.217. The summed E-state index contributed by atoms with van der Waals surface area (Å²) < 4.78 is 39.2. The second kappa shape index (κ2) is 8.67. The van der Waals surface area contributed by atoms with Gasteiger partial charge in [-0.2, -0.15) is 13.2 Å². The van der Waals surface area contributed by atoms with Gasteiger partial charge < -0.3 is 4.90 Å². The number of alkyl halides is 3. The smallest absolute Gasteiger partial charge is 0.326 e. The second-order valence-electron chi connectivity index (χ2n) is 7.35. The molecule has 0 aromatic heterocycles. The number of carbonyl (C=O) groups excluding carboxylic acids is 2. The number of benzene rings is 2. The highest BCUT2D eigenvalue weighted by Gasteiger charge is 2.44. The molecule has 2 aromatic rings. The summed E-state index contributed by atoms with van der Waals surface area (Å²) in [5, 5.41) is 2.78. The normalized spacial score (nSPS) is 17.3. The summed E-state index contributed by atoms with van der Waals surface area (Å²) in [6.07, 6.45) is -2.12. The van der Waals surface area contributed by atoms with E-state index in [1.165, 1.54) is 36.4 Å². The van der Waals surface area contributed by atoms with Gasteiger partial charge in [-0.05, 0) is 65.6 Å². The molecule has 5 nitrogen and oxygen atoms in total. The van der Waals surface area contributed by atoms with Crippen LogP contribution < -0.4 is 0 Å². The number of aryl methyl sites for hydroxylation is 2. The van der Waals surface area contributed by atoms with Gasteiger partial charge in [0.2, 0.25) is 0 Å². The van der Waals surface area contributed by atoms with Gasteiger partial charge in [0, 0.05) is 11.1 Å². The Morgan fingerprint density at radius 3 is 2.00 bits per heavy atom. The van der Waals surface area contributed by atoms with Crippen LogP contribution in [0.1, 0.15) is 22.3 Å². The van der Waals surface area contributed by atoms with E-state index < -0.39 is 31.0 Å². The first-order valence-corrected chi connectivity index (χ1v) is 9.41. The summed E-state index contributed by atoms with van der Waals surface area (Å²) in [6, 6.07) is 11.3. The standard InChI is InChI=1S/C23H19F3N2O3/c1-14-3-4-17(9-15(14)2)11-19-13-28(22(30)23(24,25)26)12-18(21(19)29)10-16-5-7-20(27-31)8-6-16/h3-11H,12-13H2,1-2H3/b18-10+,19-11+. The van der Waals surface area contributed by atoms with E-state index in [9.17, 15) is 27.7 Å². The zero-order valence-electron chi connectivity index (χ0n) is 16.9. The highest BCUT2D eigenvalue weighted by Crippen LogP contribution is 2.27. The first-order valence-electron chi connectivity index (χ1n) is 9.41. The van der Waals surface area contributed by atoms with Crippen molar-refractivity contribution in [3.05, 3.63) is 80.8 Å². The molecule has 0 unspecified atom stereocenters. The molecule has 1 fully saturated rings. The largest absolute Gasteiger partial charge is 0.471 e. The summed E-state index contributed by atoms with van der Waals surface area (Å²) in [5.41, 5.74) is 3.49. The van der Waals surface area contributed by atoms with Gasteiger partial charge in [0.25, 0.3) is 0 Å². The monoisotopic (exact) mass is 428 g/mol. The number of Topliss-reactive ketones (excluding diaryl/α,β-unsaturated/α-hetero) is 1. The Morgan fingerprint density at radius 2 is 1.48 bits per heavy atom. The highest BCUT2D eigenvalue weighted by atomic mass is 19.4. The maximum absolute atomic E-state index is 13.1. The minimum atomic E-state index is -5.05. The minimum Gasteiger partial charge on any atom is -0.326 e. The second-order valence-corrected chi connectivity index (χ2v) is 7.35. The molecule has 0 saturated carbocycles. The number of likely N-dealkylation sites (tertiary alicyclic amines) is 1. The van der Waals surface area contributed by atoms with Gasteiger partial charge >= 0.3 is 12.1 Å². The van der Waals surface area contributed by atoms with Crippen molar-refractivity contribution in [3.63, 3.8) is 0 Å². The Labute approximate surface area is 176 Å². The Hall–Kier alpha value is -3.55. The summed E-state index contributed by atoms with van der Waals surface area (Å²) in [5.74, 6) is -2.43. The summed E-state index contributed by atoms with van der Waals surface area (Å²) >= 11 is 0. The lowest BCUT2D eigenvalue weighted by atomic mass is 9.93. The van der Waals surface area contributed by atoms with E-state index in [0.717, 1.165) is 11.1 Å². The summed E-state index contributed by atoms with van der Waals surface area (Å²) in [7, 11) is 0. The van der Waals surface area contributed by atoms with Crippen molar-refractivity contribution in [2.24, 2.45) is 5.18 Å². The van der Waals surface area contributed by atoms with Gasteiger partial charge in [-0.1, -0.05) is 30.3 Å². The zero-order valence-corrected chi connectivity index (χ0v) is 16.9. The van der Waals surface area contributed by atoms with Crippen LogP contribution in [-0.2, 0) is 9.59 Å². The molecule has 0 spiro atoms. The lowest BCUT2D eigenvalue weighted by Crippen LogP contribution is -2.47. The topological polar surface area (TPSA) is 66.8 Å². The van der Waals surface area contributed by atoms with Gasteiger partial charge in [-0.15, -0.1) is 4.91 Å². The number of ketones is 1. The molecule has 3 rings (SSSR count). The lowest BCUT2D eigenvalue weighted by Gasteiger charge is -2.30. The number of hydrogen-bond donors (Lipinski definition) is 0. The third-order valence-electron chi connectivity index (χ3n) is 5.05. The van der Waals surface area contributed by atoms with Crippen LogP contribution in [0.25, 0.3) is 12.2 Å². The van der Waals surface area contributed by atoms with Gasteiger partial charge in [0.05, 0.1) is 13.1 Å². The van der Waals surface area contributed by atoms with E-state index in [4.69, 9.17) is 0 Å². The number of carbonyl (C=O) groups is 2. The summed E-state index contributed by atoms with van der Waals surface area (Å²) in [6.45, 7) is 2.92. The number of nitrogens with zero attached hydrogens (tertiary/aromatic N) is 2. The molecule has 0 radical (unpaired) electrons. The molecule has 0 atom stereocenters. The van der Waals surface area contributed by atoms with Crippen molar-refractivity contribution in [2.75, 3.05) is 13.1 Å². The van der Waals surface area contributed by atoms with Crippen LogP contribution in [0.2, 0.25) is 0 Å². The zero-order chi connectivity index (χ0) is 22.8. The van der Waals surface area contributed by atoms with Crippen LogP contribution in [0.15, 0.2) is 58.8 Å². The van der Waals surface area contributed by atoms with Crippen molar-refractivity contribution in [2.45, 2.75) is 20.0 Å².